The van der Waals surface area contributed by atoms with E-state index in [1.807, 2.05) is 30.3 Å². The molecule has 0 spiro atoms. The van der Waals surface area contributed by atoms with Crippen molar-refractivity contribution in [3.63, 3.8) is 0 Å². The molecule has 0 saturated heterocycles. The molecular formula is C18H19Br2FN2O. The summed E-state index contributed by atoms with van der Waals surface area (Å²) in [5.74, 6) is -0.376. The Balaban J connectivity index is 2.15. The standard InChI is InChI=1S/C18H19Br2FN2O/c1-2-3-9-23(12-13-7-5-4-6-8-13)18(24)22-17-15(19)10-14(21)11-16(17)20/h4-8,10-11H,2-3,9,12H2,1H3,(H,22,24). The molecule has 2 amide bonds. The normalized spacial score (nSPS) is 10.5. The summed E-state index contributed by atoms with van der Waals surface area (Å²) >= 11 is 6.58. The van der Waals surface area contributed by atoms with Crippen LogP contribution in [0.5, 0.6) is 0 Å². The summed E-state index contributed by atoms with van der Waals surface area (Å²) in [5.41, 5.74) is 1.59. The Morgan fingerprint density at radius 1 is 1.17 bits per heavy atom. The van der Waals surface area contributed by atoms with E-state index in [1.54, 1.807) is 4.90 Å². The van der Waals surface area contributed by atoms with Gasteiger partial charge >= 0.3 is 6.03 Å². The summed E-state index contributed by atoms with van der Waals surface area (Å²) in [6, 6.07) is 12.3. The molecular weight excluding hydrogens is 439 g/mol. The summed E-state index contributed by atoms with van der Waals surface area (Å²) in [6.45, 7) is 3.28. The van der Waals surface area contributed by atoms with Crippen molar-refractivity contribution in [3.8, 4) is 0 Å². The van der Waals surface area contributed by atoms with E-state index in [-0.39, 0.29) is 11.8 Å². The first-order valence-electron chi connectivity index (χ1n) is 7.75. The first kappa shape index (κ1) is 18.9. The average Bonchev–Trinajstić information content (AvgIpc) is 2.55. The second-order valence-electron chi connectivity index (χ2n) is 5.44. The fourth-order valence-electron chi connectivity index (χ4n) is 2.25. The number of rotatable bonds is 6. The van der Waals surface area contributed by atoms with Gasteiger partial charge in [-0.2, -0.15) is 0 Å². The predicted molar refractivity (Wildman–Crippen MR) is 103 cm³/mol. The number of amides is 2. The lowest BCUT2D eigenvalue weighted by atomic mass is 10.2. The number of carbonyl (C=O) groups excluding carboxylic acids is 1. The minimum absolute atomic E-state index is 0.208. The summed E-state index contributed by atoms with van der Waals surface area (Å²) in [6.07, 6.45) is 1.93. The molecule has 3 nitrogen and oxygen atoms in total. The Morgan fingerprint density at radius 3 is 2.38 bits per heavy atom. The van der Waals surface area contributed by atoms with E-state index in [0.717, 1.165) is 18.4 Å². The van der Waals surface area contributed by atoms with Crippen molar-refractivity contribution >= 4 is 43.6 Å². The van der Waals surface area contributed by atoms with Crippen LogP contribution in [0.3, 0.4) is 0 Å². The van der Waals surface area contributed by atoms with E-state index in [0.29, 0.717) is 27.7 Å². The molecule has 6 heteroatoms. The van der Waals surface area contributed by atoms with Gasteiger partial charge < -0.3 is 10.2 Å². The van der Waals surface area contributed by atoms with Gasteiger partial charge in [-0.3, -0.25) is 0 Å². The van der Waals surface area contributed by atoms with E-state index < -0.39 is 0 Å². The number of halogens is 3. The van der Waals surface area contributed by atoms with Crippen molar-refractivity contribution < 1.29 is 9.18 Å². The molecule has 2 rings (SSSR count). The van der Waals surface area contributed by atoms with Crippen molar-refractivity contribution in [2.45, 2.75) is 26.3 Å². The molecule has 0 aliphatic rings. The van der Waals surface area contributed by atoms with Crippen molar-refractivity contribution in [1.29, 1.82) is 0 Å². The highest BCUT2D eigenvalue weighted by molar-refractivity contribution is 9.11. The van der Waals surface area contributed by atoms with E-state index in [4.69, 9.17) is 0 Å². The number of urea groups is 1. The number of benzene rings is 2. The van der Waals surface area contributed by atoms with Gasteiger partial charge in [0.25, 0.3) is 0 Å². The summed E-state index contributed by atoms with van der Waals surface area (Å²) in [4.78, 5) is 14.5. The maximum absolute atomic E-state index is 13.4. The van der Waals surface area contributed by atoms with Gasteiger partial charge in [0.1, 0.15) is 5.82 Å². The van der Waals surface area contributed by atoms with Crippen molar-refractivity contribution in [1.82, 2.24) is 4.90 Å². The summed E-state index contributed by atoms with van der Waals surface area (Å²) in [5, 5.41) is 2.86. The monoisotopic (exact) mass is 456 g/mol. The second kappa shape index (κ2) is 9.18. The van der Waals surface area contributed by atoms with Crippen LogP contribution in [-0.4, -0.2) is 17.5 Å². The summed E-state index contributed by atoms with van der Waals surface area (Å²) < 4.78 is 14.4. The lowest BCUT2D eigenvalue weighted by Crippen LogP contribution is -2.35. The number of hydrogen-bond acceptors (Lipinski definition) is 1. The van der Waals surface area contributed by atoms with Crippen LogP contribution in [-0.2, 0) is 6.54 Å². The van der Waals surface area contributed by atoms with Gasteiger partial charge in [0.2, 0.25) is 0 Å². The third kappa shape index (κ3) is 5.31. The number of nitrogens with zero attached hydrogens (tertiary/aromatic N) is 1. The average molecular weight is 458 g/mol. The van der Waals surface area contributed by atoms with Gasteiger partial charge in [-0.25, -0.2) is 9.18 Å². The second-order valence-corrected chi connectivity index (χ2v) is 7.14. The summed E-state index contributed by atoms with van der Waals surface area (Å²) in [7, 11) is 0. The van der Waals surface area contributed by atoms with Gasteiger partial charge in [-0.15, -0.1) is 0 Å². The van der Waals surface area contributed by atoms with Crippen LogP contribution in [0, 0.1) is 5.82 Å². The highest BCUT2D eigenvalue weighted by atomic mass is 79.9. The molecule has 0 heterocycles. The van der Waals surface area contributed by atoms with Crippen molar-refractivity contribution in [2.75, 3.05) is 11.9 Å². The third-order valence-corrected chi connectivity index (χ3v) is 4.77. The Hall–Kier alpha value is -1.40. The maximum Gasteiger partial charge on any atom is 0.322 e. The molecule has 1 N–H and O–H groups in total. The highest BCUT2D eigenvalue weighted by Gasteiger charge is 2.17. The van der Waals surface area contributed by atoms with Gasteiger partial charge in [0, 0.05) is 22.0 Å². The SMILES string of the molecule is CCCCN(Cc1ccccc1)C(=O)Nc1c(Br)cc(F)cc1Br. The van der Waals surface area contributed by atoms with Crippen LogP contribution in [0.2, 0.25) is 0 Å². The van der Waals surface area contributed by atoms with Crippen LogP contribution in [0.1, 0.15) is 25.3 Å². The number of unbranched alkanes of at least 4 members (excludes halogenated alkanes) is 1. The first-order valence-corrected chi connectivity index (χ1v) is 9.34. The Labute approximate surface area is 158 Å². The van der Waals surface area contributed by atoms with E-state index in [2.05, 4.69) is 44.1 Å². The molecule has 128 valence electrons. The van der Waals surface area contributed by atoms with Crippen LogP contribution in [0.15, 0.2) is 51.4 Å². The Bertz CT molecular complexity index is 672. The van der Waals surface area contributed by atoms with E-state index in [1.165, 1.54) is 12.1 Å². The molecule has 0 unspecified atom stereocenters. The highest BCUT2D eigenvalue weighted by Crippen LogP contribution is 2.32. The zero-order valence-corrected chi connectivity index (χ0v) is 16.5. The minimum Gasteiger partial charge on any atom is -0.320 e. The van der Waals surface area contributed by atoms with Gasteiger partial charge in [0.15, 0.2) is 0 Å². The van der Waals surface area contributed by atoms with Gasteiger partial charge in [-0.1, -0.05) is 43.7 Å². The maximum atomic E-state index is 13.4. The fourth-order valence-corrected chi connectivity index (χ4v) is 3.58. The quantitative estimate of drug-likeness (QED) is 0.551. The van der Waals surface area contributed by atoms with Crippen LogP contribution >= 0.6 is 31.9 Å². The lowest BCUT2D eigenvalue weighted by molar-refractivity contribution is 0.208. The molecule has 0 aliphatic heterocycles. The molecule has 0 aromatic heterocycles. The molecule has 2 aromatic rings. The van der Waals surface area contributed by atoms with Gasteiger partial charge in [0.05, 0.1) is 5.69 Å². The number of anilines is 1. The zero-order valence-electron chi connectivity index (χ0n) is 13.4. The third-order valence-electron chi connectivity index (χ3n) is 3.52. The molecule has 0 atom stereocenters. The molecule has 0 aliphatic carbocycles. The Kier molecular flexibility index (Phi) is 7.24. The topological polar surface area (TPSA) is 32.3 Å². The molecule has 0 saturated carbocycles. The molecule has 2 aromatic carbocycles. The van der Waals surface area contributed by atoms with Crippen molar-refractivity contribution in [3.05, 3.63) is 62.8 Å². The van der Waals surface area contributed by atoms with E-state index >= 15 is 0 Å². The molecule has 24 heavy (non-hydrogen) atoms. The zero-order chi connectivity index (χ0) is 17.5. The van der Waals surface area contributed by atoms with E-state index in [9.17, 15) is 9.18 Å². The Morgan fingerprint density at radius 2 is 1.79 bits per heavy atom. The smallest absolute Gasteiger partial charge is 0.320 e. The molecule has 0 bridgehead atoms. The van der Waals surface area contributed by atoms with Crippen LogP contribution in [0.4, 0.5) is 14.9 Å². The van der Waals surface area contributed by atoms with Crippen LogP contribution < -0.4 is 5.32 Å². The van der Waals surface area contributed by atoms with Gasteiger partial charge in [-0.05, 0) is 56.0 Å². The minimum atomic E-state index is -0.376. The predicted octanol–water partition coefficient (Wildman–Crippen LogP) is 6.18. The first-order chi connectivity index (χ1) is 11.5. The lowest BCUT2D eigenvalue weighted by Gasteiger charge is -2.24. The largest absolute Gasteiger partial charge is 0.322 e. The number of nitrogens with one attached hydrogen (secondary N) is 1. The number of carbonyl (C=O) groups is 1. The van der Waals surface area contributed by atoms with Crippen LogP contribution in [0.25, 0.3) is 0 Å². The van der Waals surface area contributed by atoms with Crippen molar-refractivity contribution in [2.24, 2.45) is 0 Å². The fraction of sp³-hybridized carbons (Fsp3) is 0.278. The molecule has 0 fully saturated rings. The number of hydrogen-bond donors (Lipinski definition) is 1. The molecule has 0 radical (unpaired) electrons.